The second-order valence-corrected chi connectivity index (χ2v) is 4.79. The number of nitrogens with one attached hydrogen (secondary N) is 1. The predicted octanol–water partition coefficient (Wildman–Crippen LogP) is 3.57. The topological polar surface area (TPSA) is 15.3 Å². The van der Waals surface area contributed by atoms with Crippen LogP contribution in [0, 0.1) is 0 Å². The lowest BCUT2D eigenvalue weighted by Gasteiger charge is -2.27. The molecule has 0 atom stereocenters. The summed E-state index contributed by atoms with van der Waals surface area (Å²) in [6, 6.07) is 7.53. The van der Waals surface area contributed by atoms with Crippen LogP contribution in [0.4, 0.5) is 18.9 Å². The minimum Gasteiger partial charge on any atom is -0.363 e. The number of halogens is 3. The minimum atomic E-state index is -4.19. The van der Waals surface area contributed by atoms with E-state index in [0.29, 0.717) is 24.8 Å². The van der Waals surface area contributed by atoms with Crippen molar-refractivity contribution in [3.63, 3.8) is 0 Å². The number of rotatable bonds is 6. The molecule has 0 bridgehead atoms. The smallest absolute Gasteiger partial charge is 0.363 e. The molecule has 1 N–H and O–H groups in total. The number of para-hydroxylation sites is 1. The van der Waals surface area contributed by atoms with Gasteiger partial charge in [0.2, 0.25) is 0 Å². The lowest BCUT2D eigenvalue weighted by Crippen LogP contribution is -2.35. The van der Waals surface area contributed by atoms with Crippen molar-refractivity contribution in [1.82, 2.24) is 5.32 Å². The van der Waals surface area contributed by atoms with Gasteiger partial charge in [-0.25, -0.2) is 0 Å². The van der Waals surface area contributed by atoms with Crippen LogP contribution in [0.2, 0.25) is 0 Å². The number of benzene rings is 1. The molecular formula is C14H21F3N2. The third kappa shape index (κ3) is 5.51. The normalized spacial score (nSPS) is 11.9. The minimum absolute atomic E-state index is 0.297. The molecule has 2 nitrogen and oxygen atoms in total. The molecule has 5 heteroatoms. The summed E-state index contributed by atoms with van der Waals surface area (Å²) in [4.78, 5) is 1.36. The molecule has 0 fully saturated rings. The second-order valence-electron chi connectivity index (χ2n) is 4.79. The third-order valence-corrected chi connectivity index (χ3v) is 2.78. The molecule has 0 spiro atoms. The molecule has 1 aromatic carbocycles. The Morgan fingerprint density at radius 3 is 2.37 bits per heavy atom. The summed E-state index contributed by atoms with van der Waals surface area (Å²) in [6.07, 6.45) is -4.19. The predicted molar refractivity (Wildman–Crippen MR) is 72.4 cm³/mol. The van der Waals surface area contributed by atoms with Crippen LogP contribution in [-0.4, -0.2) is 25.3 Å². The van der Waals surface area contributed by atoms with E-state index >= 15 is 0 Å². The van der Waals surface area contributed by atoms with Crippen LogP contribution in [0.15, 0.2) is 24.3 Å². The zero-order chi connectivity index (χ0) is 14.5. The zero-order valence-electron chi connectivity index (χ0n) is 11.6. The molecule has 108 valence electrons. The third-order valence-electron chi connectivity index (χ3n) is 2.78. The van der Waals surface area contributed by atoms with Gasteiger partial charge in [-0.2, -0.15) is 13.2 Å². The molecule has 0 aromatic heterocycles. The highest BCUT2D eigenvalue weighted by molar-refractivity contribution is 5.53. The van der Waals surface area contributed by atoms with Crippen molar-refractivity contribution in [2.24, 2.45) is 0 Å². The van der Waals surface area contributed by atoms with Crippen molar-refractivity contribution in [3.05, 3.63) is 29.8 Å². The lowest BCUT2D eigenvalue weighted by atomic mass is 10.1. The Balaban J connectivity index is 2.90. The SMILES string of the molecule is CCN(CC(F)(F)F)c1ccccc1CNC(C)C. The van der Waals surface area contributed by atoms with Crippen LogP contribution in [0.1, 0.15) is 26.3 Å². The van der Waals surface area contributed by atoms with E-state index in [-0.39, 0.29) is 0 Å². The van der Waals surface area contributed by atoms with Gasteiger partial charge < -0.3 is 10.2 Å². The van der Waals surface area contributed by atoms with Gasteiger partial charge in [-0.15, -0.1) is 0 Å². The highest BCUT2D eigenvalue weighted by atomic mass is 19.4. The van der Waals surface area contributed by atoms with E-state index in [2.05, 4.69) is 5.32 Å². The van der Waals surface area contributed by atoms with Gasteiger partial charge in [0.1, 0.15) is 6.54 Å². The average molecular weight is 274 g/mol. The molecule has 0 saturated heterocycles. The fourth-order valence-electron chi connectivity index (χ4n) is 1.87. The standard InChI is InChI=1S/C14H21F3N2/c1-4-19(10-14(15,16)17)13-8-6-5-7-12(13)9-18-11(2)3/h5-8,11,18H,4,9-10H2,1-3H3. The summed E-state index contributed by atoms with van der Waals surface area (Å²) in [5.74, 6) is 0. The Morgan fingerprint density at radius 1 is 1.21 bits per heavy atom. The van der Waals surface area contributed by atoms with Crippen molar-refractivity contribution in [2.45, 2.75) is 39.5 Å². The van der Waals surface area contributed by atoms with Gasteiger partial charge in [-0.3, -0.25) is 0 Å². The van der Waals surface area contributed by atoms with Crippen LogP contribution in [0.5, 0.6) is 0 Å². The van der Waals surface area contributed by atoms with Crippen LogP contribution >= 0.6 is 0 Å². The number of hydrogen-bond acceptors (Lipinski definition) is 2. The van der Waals surface area contributed by atoms with Crippen molar-refractivity contribution < 1.29 is 13.2 Å². The van der Waals surface area contributed by atoms with Crippen molar-refractivity contribution >= 4 is 5.69 Å². The maximum Gasteiger partial charge on any atom is 0.405 e. The molecule has 1 aromatic rings. The van der Waals surface area contributed by atoms with Gasteiger partial charge in [0, 0.05) is 24.8 Å². The fourth-order valence-corrected chi connectivity index (χ4v) is 1.87. The van der Waals surface area contributed by atoms with Crippen molar-refractivity contribution in [1.29, 1.82) is 0 Å². The Bertz CT molecular complexity index is 389. The summed E-state index contributed by atoms with van der Waals surface area (Å²) in [5, 5.41) is 3.24. The van der Waals surface area contributed by atoms with Crippen LogP contribution in [-0.2, 0) is 6.54 Å². The molecule has 1 rings (SSSR count). The molecule has 0 aliphatic rings. The number of alkyl halides is 3. The van der Waals surface area contributed by atoms with Gasteiger partial charge in [0.05, 0.1) is 0 Å². The molecule has 0 aliphatic heterocycles. The van der Waals surface area contributed by atoms with Gasteiger partial charge in [-0.05, 0) is 18.6 Å². The van der Waals surface area contributed by atoms with Crippen LogP contribution in [0.25, 0.3) is 0 Å². The monoisotopic (exact) mass is 274 g/mol. The van der Waals surface area contributed by atoms with Gasteiger partial charge in [0.25, 0.3) is 0 Å². The van der Waals surface area contributed by atoms with Crippen molar-refractivity contribution in [2.75, 3.05) is 18.0 Å². The highest BCUT2D eigenvalue weighted by Gasteiger charge is 2.30. The summed E-state index contributed by atoms with van der Waals surface area (Å²) < 4.78 is 37.7. The largest absolute Gasteiger partial charge is 0.405 e. The van der Waals surface area contributed by atoms with Crippen LogP contribution in [0.3, 0.4) is 0 Å². The second kappa shape index (κ2) is 6.80. The van der Waals surface area contributed by atoms with E-state index < -0.39 is 12.7 Å². The summed E-state index contributed by atoms with van der Waals surface area (Å²) in [6.45, 7) is 5.74. The van der Waals surface area contributed by atoms with Gasteiger partial charge in [0.15, 0.2) is 0 Å². The maximum atomic E-state index is 12.6. The van der Waals surface area contributed by atoms with Crippen LogP contribution < -0.4 is 10.2 Å². The Labute approximate surface area is 112 Å². The van der Waals surface area contributed by atoms with E-state index in [1.165, 1.54) is 4.90 Å². The molecule has 0 unspecified atom stereocenters. The number of anilines is 1. The Kier molecular flexibility index (Phi) is 5.66. The molecule has 0 radical (unpaired) electrons. The maximum absolute atomic E-state index is 12.6. The van der Waals surface area contributed by atoms with E-state index in [4.69, 9.17) is 0 Å². The number of hydrogen-bond donors (Lipinski definition) is 1. The van der Waals surface area contributed by atoms with Crippen molar-refractivity contribution in [3.8, 4) is 0 Å². The number of nitrogens with zero attached hydrogens (tertiary/aromatic N) is 1. The van der Waals surface area contributed by atoms with E-state index in [1.807, 2.05) is 26.0 Å². The molecule has 0 heterocycles. The Morgan fingerprint density at radius 2 is 1.84 bits per heavy atom. The fraction of sp³-hybridized carbons (Fsp3) is 0.571. The van der Waals surface area contributed by atoms with Gasteiger partial charge >= 0.3 is 6.18 Å². The molecular weight excluding hydrogens is 253 g/mol. The highest BCUT2D eigenvalue weighted by Crippen LogP contribution is 2.25. The first kappa shape index (κ1) is 15.8. The molecule has 0 aliphatic carbocycles. The summed E-state index contributed by atoms with van der Waals surface area (Å²) in [5.41, 5.74) is 1.54. The van der Waals surface area contributed by atoms with E-state index in [1.54, 1.807) is 19.1 Å². The first-order valence-corrected chi connectivity index (χ1v) is 6.46. The van der Waals surface area contributed by atoms with E-state index in [0.717, 1.165) is 5.56 Å². The molecule has 0 amide bonds. The zero-order valence-corrected chi connectivity index (χ0v) is 11.6. The first-order chi connectivity index (χ1) is 8.83. The summed E-state index contributed by atoms with van der Waals surface area (Å²) in [7, 11) is 0. The average Bonchev–Trinajstić information content (AvgIpc) is 2.33. The molecule has 19 heavy (non-hydrogen) atoms. The van der Waals surface area contributed by atoms with E-state index in [9.17, 15) is 13.2 Å². The lowest BCUT2D eigenvalue weighted by molar-refractivity contribution is -0.119. The quantitative estimate of drug-likeness (QED) is 0.853. The Hall–Kier alpha value is -1.23. The van der Waals surface area contributed by atoms with Gasteiger partial charge in [-0.1, -0.05) is 32.0 Å². The molecule has 0 saturated carbocycles. The first-order valence-electron chi connectivity index (χ1n) is 6.46. The summed E-state index contributed by atoms with van der Waals surface area (Å²) >= 11 is 0.